The second-order valence-electron chi connectivity index (χ2n) is 5.64. The van der Waals surface area contributed by atoms with Crippen LogP contribution in [0.5, 0.6) is 11.5 Å². The molecule has 0 aliphatic rings. The topological polar surface area (TPSA) is 79.9 Å². The summed E-state index contributed by atoms with van der Waals surface area (Å²) in [6.07, 6.45) is -4.47. The standard InChI is InChI=1S/C17H24F3N3O4/c1-4-26-13-7-6-12(8-14(13)27-5-2)22-16(25)10-23(3)9-15(24)21-11-17(18,19)20/h6-8H,4-5,9-11H2,1-3H3,(H,21,24)(H,22,25). The number of hydrogen-bond donors (Lipinski definition) is 2. The molecule has 0 saturated heterocycles. The largest absolute Gasteiger partial charge is 0.490 e. The number of ether oxygens (including phenoxy) is 2. The number of nitrogens with one attached hydrogen (secondary N) is 2. The Hall–Kier alpha value is -2.49. The highest BCUT2D eigenvalue weighted by molar-refractivity contribution is 5.93. The van der Waals surface area contributed by atoms with E-state index < -0.39 is 24.5 Å². The highest BCUT2D eigenvalue weighted by Gasteiger charge is 2.27. The third kappa shape index (κ3) is 9.13. The minimum atomic E-state index is -4.47. The zero-order valence-electron chi connectivity index (χ0n) is 15.5. The number of anilines is 1. The monoisotopic (exact) mass is 391 g/mol. The van der Waals surface area contributed by atoms with E-state index >= 15 is 0 Å². The number of nitrogens with zero attached hydrogens (tertiary/aromatic N) is 1. The van der Waals surface area contributed by atoms with E-state index in [1.54, 1.807) is 23.5 Å². The van der Waals surface area contributed by atoms with Crippen LogP contribution in [0, 0.1) is 0 Å². The number of benzene rings is 1. The van der Waals surface area contributed by atoms with Crippen molar-refractivity contribution < 1.29 is 32.2 Å². The molecule has 0 unspecified atom stereocenters. The number of rotatable bonds is 10. The first kappa shape index (κ1) is 22.6. The molecule has 0 atom stereocenters. The Morgan fingerprint density at radius 3 is 2.22 bits per heavy atom. The highest BCUT2D eigenvalue weighted by atomic mass is 19.4. The lowest BCUT2D eigenvalue weighted by Gasteiger charge is -2.17. The van der Waals surface area contributed by atoms with Gasteiger partial charge in [-0.05, 0) is 33.0 Å². The number of likely N-dealkylation sites (N-methyl/N-ethyl adjacent to an activating group) is 1. The minimum absolute atomic E-state index is 0.170. The fourth-order valence-corrected chi connectivity index (χ4v) is 2.13. The first-order chi connectivity index (χ1) is 12.6. The maximum Gasteiger partial charge on any atom is 0.405 e. The second kappa shape index (κ2) is 10.6. The zero-order chi connectivity index (χ0) is 20.4. The Bertz CT molecular complexity index is 638. The molecule has 0 radical (unpaired) electrons. The van der Waals surface area contributed by atoms with E-state index in [1.807, 2.05) is 13.8 Å². The predicted octanol–water partition coefficient (Wildman–Crippen LogP) is 2.03. The van der Waals surface area contributed by atoms with E-state index in [1.165, 1.54) is 11.9 Å². The number of alkyl halides is 3. The summed E-state index contributed by atoms with van der Waals surface area (Å²) in [5.74, 6) is -0.206. The summed E-state index contributed by atoms with van der Waals surface area (Å²) in [7, 11) is 1.45. The summed E-state index contributed by atoms with van der Waals surface area (Å²) in [5, 5.41) is 4.39. The van der Waals surface area contributed by atoms with Crippen LogP contribution in [0.1, 0.15) is 13.8 Å². The molecule has 0 heterocycles. The van der Waals surface area contributed by atoms with Crippen molar-refractivity contribution >= 4 is 17.5 Å². The van der Waals surface area contributed by atoms with Gasteiger partial charge in [0.1, 0.15) is 6.54 Å². The molecule has 0 fully saturated rings. The highest BCUT2D eigenvalue weighted by Crippen LogP contribution is 2.30. The molecule has 1 aromatic carbocycles. The maximum absolute atomic E-state index is 12.1. The van der Waals surface area contributed by atoms with Gasteiger partial charge < -0.3 is 20.1 Å². The fraction of sp³-hybridized carbons (Fsp3) is 0.529. The Kier molecular flexibility index (Phi) is 8.86. The third-order valence-electron chi connectivity index (χ3n) is 3.14. The van der Waals surface area contributed by atoms with E-state index in [0.29, 0.717) is 30.4 Å². The zero-order valence-corrected chi connectivity index (χ0v) is 15.5. The van der Waals surface area contributed by atoms with Gasteiger partial charge in [-0.2, -0.15) is 13.2 Å². The van der Waals surface area contributed by atoms with Crippen LogP contribution in [0.3, 0.4) is 0 Å². The summed E-state index contributed by atoms with van der Waals surface area (Å²) in [5.41, 5.74) is 0.474. The molecule has 2 amide bonds. The van der Waals surface area contributed by atoms with Crippen LogP contribution in [0.2, 0.25) is 0 Å². The fourth-order valence-electron chi connectivity index (χ4n) is 2.13. The van der Waals surface area contributed by atoms with E-state index in [4.69, 9.17) is 9.47 Å². The second-order valence-corrected chi connectivity index (χ2v) is 5.64. The van der Waals surface area contributed by atoms with E-state index in [-0.39, 0.29) is 13.1 Å². The van der Waals surface area contributed by atoms with Crippen LogP contribution in [-0.2, 0) is 9.59 Å². The lowest BCUT2D eigenvalue weighted by atomic mass is 10.2. The summed E-state index contributed by atoms with van der Waals surface area (Å²) in [6.45, 7) is 2.64. The normalized spacial score (nSPS) is 11.2. The number of carbonyl (C=O) groups is 2. The predicted molar refractivity (Wildman–Crippen MR) is 94.0 cm³/mol. The Morgan fingerprint density at radius 1 is 1.04 bits per heavy atom. The van der Waals surface area contributed by atoms with Crippen LogP contribution in [0.4, 0.5) is 18.9 Å². The van der Waals surface area contributed by atoms with Gasteiger partial charge in [0.05, 0.1) is 26.3 Å². The van der Waals surface area contributed by atoms with Gasteiger partial charge in [-0.1, -0.05) is 0 Å². The molecule has 0 aliphatic carbocycles. The molecule has 1 aromatic rings. The van der Waals surface area contributed by atoms with Crippen LogP contribution >= 0.6 is 0 Å². The van der Waals surface area contributed by atoms with Crippen molar-refractivity contribution in [1.82, 2.24) is 10.2 Å². The van der Waals surface area contributed by atoms with E-state index in [0.717, 1.165) is 0 Å². The first-order valence-corrected chi connectivity index (χ1v) is 8.36. The molecule has 27 heavy (non-hydrogen) atoms. The first-order valence-electron chi connectivity index (χ1n) is 8.36. The van der Waals surface area contributed by atoms with Gasteiger partial charge in [0.25, 0.3) is 0 Å². The van der Waals surface area contributed by atoms with Crippen molar-refractivity contribution in [3.05, 3.63) is 18.2 Å². The number of hydrogen-bond acceptors (Lipinski definition) is 5. The van der Waals surface area contributed by atoms with Crippen molar-refractivity contribution in [2.45, 2.75) is 20.0 Å². The Balaban J connectivity index is 2.55. The van der Waals surface area contributed by atoms with Crippen molar-refractivity contribution in [3.63, 3.8) is 0 Å². The van der Waals surface area contributed by atoms with Gasteiger partial charge in [0, 0.05) is 11.8 Å². The van der Waals surface area contributed by atoms with Gasteiger partial charge >= 0.3 is 6.18 Å². The molecule has 10 heteroatoms. The van der Waals surface area contributed by atoms with Gasteiger partial charge in [-0.25, -0.2) is 0 Å². The smallest absolute Gasteiger partial charge is 0.405 e. The van der Waals surface area contributed by atoms with Gasteiger partial charge in [-0.15, -0.1) is 0 Å². The summed E-state index contributed by atoms with van der Waals surface area (Å²) in [4.78, 5) is 24.8. The SMILES string of the molecule is CCOc1ccc(NC(=O)CN(C)CC(=O)NCC(F)(F)F)cc1OCC. The van der Waals surface area contributed by atoms with Crippen molar-refractivity contribution in [1.29, 1.82) is 0 Å². The molecule has 0 bridgehead atoms. The van der Waals surface area contributed by atoms with Gasteiger partial charge in [0.2, 0.25) is 11.8 Å². The van der Waals surface area contributed by atoms with Gasteiger partial charge in [-0.3, -0.25) is 14.5 Å². The summed E-state index contributed by atoms with van der Waals surface area (Å²) in [6, 6.07) is 4.92. The number of halogens is 3. The molecule has 0 aromatic heterocycles. The molecular weight excluding hydrogens is 367 g/mol. The van der Waals surface area contributed by atoms with Crippen molar-refractivity contribution in [2.24, 2.45) is 0 Å². The molecule has 152 valence electrons. The van der Waals surface area contributed by atoms with Gasteiger partial charge in [0.15, 0.2) is 11.5 Å². The molecule has 0 saturated carbocycles. The quantitative estimate of drug-likeness (QED) is 0.638. The number of amides is 2. The molecule has 1 rings (SSSR count). The third-order valence-corrected chi connectivity index (χ3v) is 3.14. The van der Waals surface area contributed by atoms with Crippen LogP contribution in [0.25, 0.3) is 0 Å². The van der Waals surface area contributed by atoms with E-state index in [9.17, 15) is 22.8 Å². The Morgan fingerprint density at radius 2 is 1.63 bits per heavy atom. The average Bonchev–Trinajstić information content (AvgIpc) is 2.55. The minimum Gasteiger partial charge on any atom is -0.490 e. The summed E-state index contributed by atoms with van der Waals surface area (Å²) >= 11 is 0. The Labute approximate surface area is 155 Å². The molecule has 2 N–H and O–H groups in total. The van der Waals surface area contributed by atoms with E-state index in [2.05, 4.69) is 5.32 Å². The van der Waals surface area contributed by atoms with Crippen LogP contribution < -0.4 is 20.1 Å². The lowest BCUT2D eigenvalue weighted by Crippen LogP contribution is -2.41. The summed E-state index contributed by atoms with van der Waals surface area (Å²) < 4.78 is 47.1. The maximum atomic E-state index is 12.1. The molecular formula is C17H24F3N3O4. The number of carbonyl (C=O) groups excluding carboxylic acids is 2. The van der Waals surface area contributed by atoms with Crippen molar-refractivity contribution in [2.75, 3.05) is 45.2 Å². The van der Waals surface area contributed by atoms with Crippen LogP contribution in [-0.4, -0.2) is 62.8 Å². The molecule has 0 spiro atoms. The molecule has 0 aliphatic heterocycles. The lowest BCUT2D eigenvalue weighted by molar-refractivity contribution is -0.139. The van der Waals surface area contributed by atoms with Crippen molar-refractivity contribution in [3.8, 4) is 11.5 Å². The average molecular weight is 391 g/mol. The molecule has 7 nitrogen and oxygen atoms in total. The van der Waals surface area contributed by atoms with Crippen LogP contribution in [0.15, 0.2) is 18.2 Å².